The first-order chi connectivity index (χ1) is 6.70. The number of nitrogens with two attached hydrogens (primary N) is 1. The van der Waals surface area contributed by atoms with Crippen LogP contribution in [0.15, 0.2) is 29.2 Å². The van der Waals surface area contributed by atoms with E-state index in [1.807, 2.05) is 0 Å². The molecule has 0 unspecified atom stereocenters. The van der Waals surface area contributed by atoms with Crippen LogP contribution < -0.4 is 11.3 Å². The molecule has 14 heavy (non-hydrogen) atoms. The van der Waals surface area contributed by atoms with Crippen molar-refractivity contribution in [3.8, 4) is 5.75 Å². The van der Waals surface area contributed by atoms with Crippen LogP contribution in [-0.4, -0.2) is 14.5 Å². The lowest BCUT2D eigenvalue weighted by Crippen LogP contribution is -2.16. The minimum absolute atomic E-state index is 0.0295. The number of aromatic hydroxyl groups is 1. The van der Waals surface area contributed by atoms with E-state index < -0.39 is 0 Å². The molecule has 3 N–H and O–H groups in total. The number of hydrogen-bond donors (Lipinski definition) is 2. The van der Waals surface area contributed by atoms with Gasteiger partial charge in [0.1, 0.15) is 11.4 Å². The summed E-state index contributed by atoms with van der Waals surface area (Å²) in [6.07, 6.45) is 1.32. The molecule has 0 fully saturated rings. The number of hydrogen-bond acceptors (Lipinski definition) is 4. The Morgan fingerprint density at radius 2 is 2.29 bits per heavy atom. The maximum absolute atomic E-state index is 11.5. The Morgan fingerprint density at radius 3 is 3.00 bits per heavy atom. The van der Waals surface area contributed by atoms with Crippen molar-refractivity contribution in [3.63, 3.8) is 0 Å². The van der Waals surface area contributed by atoms with Crippen LogP contribution in [0, 0.1) is 0 Å². The summed E-state index contributed by atoms with van der Waals surface area (Å²) in [5.41, 5.74) is 6.16. The van der Waals surface area contributed by atoms with E-state index in [2.05, 4.69) is 4.98 Å². The average Bonchev–Trinajstić information content (AvgIpc) is 2.19. The van der Waals surface area contributed by atoms with Gasteiger partial charge < -0.3 is 10.8 Å². The zero-order valence-electron chi connectivity index (χ0n) is 7.34. The van der Waals surface area contributed by atoms with Crippen LogP contribution in [0.4, 0.5) is 0 Å². The first kappa shape index (κ1) is 8.71. The third-order valence-corrected chi connectivity index (χ3v) is 1.91. The fourth-order valence-electron chi connectivity index (χ4n) is 1.25. The summed E-state index contributed by atoms with van der Waals surface area (Å²) >= 11 is 0. The van der Waals surface area contributed by atoms with Gasteiger partial charge in [0.25, 0.3) is 5.56 Å². The van der Waals surface area contributed by atoms with Crippen LogP contribution in [0.3, 0.4) is 0 Å². The summed E-state index contributed by atoms with van der Waals surface area (Å²) < 4.78 is 1.27. The molecule has 0 bridgehead atoms. The summed E-state index contributed by atoms with van der Waals surface area (Å²) in [6, 6.07) is 4.39. The van der Waals surface area contributed by atoms with Crippen molar-refractivity contribution >= 4 is 5.65 Å². The van der Waals surface area contributed by atoms with Gasteiger partial charge in [0.2, 0.25) is 0 Å². The van der Waals surface area contributed by atoms with E-state index in [1.165, 1.54) is 22.7 Å². The molecular weight excluding hydrogens is 182 g/mol. The molecule has 0 atom stereocenters. The predicted octanol–water partition coefficient (Wildman–Crippen LogP) is -0.141. The van der Waals surface area contributed by atoms with E-state index in [4.69, 9.17) is 10.8 Å². The number of pyridine rings is 1. The van der Waals surface area contributed by atoms with Gasteiger partial charge in [-0.3, -0.25) is 9.20 Å². The van der Waals surface area contributed by atoms with Crippen LogP contribution in [-0.2, 0) is 6.54 Å². The Hall–Kier alpha value is -1.88. The topological polar surface area (TPSA) is 80.6 Å². The van der Waals surface area contributed by atoms with E-state index in [1.54, 1.807) is 6.07 Å². The molecule has 0 radical (unpaired) electrons. The van der Waals surface area contributed by atoms with Crippen LogP contribution in [0.2, 0.25) is 0 Å². The SMILES string of the molecule is NCc1cc(=O)n2cc(O)ccc2n1. The van der Waals surface area contributed by atoms with E-state index in [0.717, 1.165) is 0 Å². The summed E-state index contributed by atoms with van der Waals surface area (Å²) in [4.78, 5) is 15.6. The number of aromatic nitrogens is 2. The minimum atomic E-state index is -0.244. The molecule has 0 spiro atoms. The Labute approximate surface area is 79.4 Å². The normalized spacial score (nSPS) is 10.6. The van der Waals surface area contributed by atoms with E-state index in [-0.39, 0.29) is 17.9 Å². The molecule has 2 aromatic heterocycles. The summed E-state index contributed by atoms with van der Waals surface area (Å²) in [5.74, 6) is 0.0295. The lowest BCUT2D eigenvalue weighted by Gasteiger charge is -2.02. The highest BCUT2D eigenvalue weighted by molar-refractivity contribution is 5.41. The average molecular weight is 191 g/mol. The van der Waals surface area contributed by atoms with Crippen molar-refractivity contribution < 1.29 is 5.11 Å². The quantitative estimate of drug-likeness (QED) is 0.657. The smallest absolute Gasteiger partial charge is 0.258 e. The van der Waals surface area contributed by atoms with Crippen molar-refractivity contribution in [2.45, 2.75) is 6.54 Å². The van der Waals surface area contributed by atoms with Crippen molar-refractivity contribution in [2.75, 3.05) is 0 Å². The van der Waals surface area contributed by atoms with Crippen LogP contribution >= 0.6 is 0 Å². The van der Waals surface area contributed by atoms with Crippen LogP contribution in [0.5, 0.6) is 5.75 Å². The standard InChI is InChI=1S/C9H9N3O2/c10-4-6-3-9(14)12-5-7(13)1-2-8(12)11-6/h1-3,5,13H,4,10H2. The van der Waals surface area contributed by atoms with E-state index >= 15 is 0 Å². The van der Waals surface area contributed by atoms with Gasteiger partial charge in [-0.1, -0.05) is 0 Å². The van der Waals surface area contributed by atoms with Gasteiger partial charge in [-0.25, -0.2) is 4.98 Å². The molecule has 0 saturated heterocycles. The van der Waals surface area contributed by atoms with Gasteiger partial charge in [0, 0.05) is 12.6 Å². The fourth-order valence-corrected chi connectivity index (χ4v) is 1.25. The molecule has 5 nitrogen and oxygen atoms in total. The molecular formula is C9H9N3O2. The third-order valence-electron chi connectivity index (χ3n) is 1.91. The number of nitrogens with zero attached hydrogens (tertiary/aromatic N) is 2. The lowest BCUT2D eigenvalue weighted by molar-refractivity contribution is 0.471. The number of rotatable bonds is 1. The molecule has 2 rings (SSSR count). The second-order valence-electron chi connectivity index (χ2n) is 2.91. The molecule has 0 saturated carbocycles. The fraction of sp³-hybridized carbons (Fsp3) is 0.111. The van der Waals surface area contributed by atoms with Gasteiger partial charge in [-0.15, -0.1) is 0 Å². The highest BCUT2D eigenvalue weighted by atomic mass is 16.3. The van der Waals surface area contributed by atoms with Crippen LogP contribution in [0.25, 0.3) is 5.65 Å². The zero-order valence-corrected chi connectivity index (χ0v) is 7.34. The summed E-state index contributed by atoms with van der Waals surface area (Å²) in [6.45, 7) is 0.229. The van der Waals surface area contributed by atoms with E-state index in [9.17, 15) is 4.79 Å². The molecule has 2 heterocycles. The van der Waals surface area contributed by atoms with E-state index in [0.29, 0.717) is 11.3 Å². The summed E-state index contributed by atoms with van der Waals surface area (Å²) in [5, 5.41) is 9.17. The predicted molar refractivity (Wildman–Crippen MR) is 51.0 cm³/mol. The Morgan fingerprint density at radius 1 is 1.50 bits per heavy atom. The lowest BCUT2D eigenvalue weighted by atomic mass is 10.3. The molecule has 0 aliphatic rings. The second-order valence-corrected chi connectivity index (χ2v) is 2.91. The highest BCUT2D eigenvalue weighted by Crippen LogP contribution is 2.07. The highest BCUT2D eigenvalue weighted by Gasteiger charge is 2.00. The molecule has 0 amide bonds. The molecule has 5 heteroatoms. The molecule has 72 valence electrons. The second kappa shape index (κ2) is 3.12. The summed E-state index contributed by atoms with van der Waals surface area (Å²) in [7, 11) is 0. The largest absolute Gasteiger partial charge is 0.506 e. The van der Waals surface area contributed by atoms with Gasteiger partial charge in [-0.2, -0.15) is 0 Å². The first-order valence-electron chi connectivity index (χ1n) is 4.12. The van der Waals surface area contributed by atoms with Crippen molar-refractivity contribution in [1.82, 2.24) is 9.38 Å². The van der Waals surface area contributed by atoms with Gasteiger partial charge in [0.15, 0.2) is 0 Å². The van der Waals surface area contributed by atoms with Crippen molar-refractivity contribution in [3.05, 3.63) is 40.4 Å². The van der Waals surface area contributed by atoms with Gasteiger partial charge in [-0.05, 0) is 12.1 Å². The first-order valence-corrected chi connectivity index (χ1v) is 4.12. The van der Waals surface area contributed by atoms with Crippen molar-refractivity contribution in [1.29, 1.82) is 0 Å². The van der Waals surface area contributed by atoms with Gasteiger partial charge in [0.05, 0.1) is 11.9 Å². The zero-order chi connectivity index (χ0) is 10.1. The van der Waals surface area contributed by atoms with Crippen LogP contribution in [0.1, 0.15) is 5.69 Å². The molecule has 2 aromatic rings. The maximum atomic E-state index is 11.5. The maximum Gasteiger partial charge on any atom is 0.258 e. The number of fused-ring (bicyclic) bond motifs is 1. The molecule has 0 aromatic carbocycles. The monoisotopic (exact) mass is 191 g/mol. The minimum Gasteiger partial charge on any atom is -0.506 e. The van der Waals surface area contributed by atoms with Crippen molar-refractivity contribution in [2.24, 2.45) is 5.73 Å². The van der Waals surface area contributed by atoms with Gasteiger partial charge >= 0.3 is 0 Å². The Kier molecular flexibility index (Phi) is 1.94. The third kappa shape index (κ3) is 1.33. The molecule has 0 aliphatic heterocycles. The molecule has 0 aliphatic carbocycles. The Balaban J connectivity index is 2.83. The Bertz CT molecular complexity index is 533.